The first kappa shape index (κ1) is 13.5. The molecule has 0 amide bonds. The highest BCUT2D eigenvalue weighted by Crippen LogP contribution is 2.29. The highest BCUT2D eigenvalue weighted by molar-refractivity contribution is 9.10. The molecule has 1 aromatic rings. The second kappa shape index (κ2) is 5.64. The molecule has 16 heavy (non-hydrogen) atoms. The molecule has 0 aliphatic rings. The Morgan fingerprint density at radius 3 is 2.50 bits per heavy atom. The van der Waals surface area contributed by atoms with Crippen LogP contribution in [0.5, 0.6) is 0 Å². The van der Waals surface area contributed by atoms with E-state index < -0.39 is 0 Å². The van der Waals surface area contributed by atoms with Crippen LogP contribution in [0.3, 0.4) is 0 Å². The van der Waals surface area contributed by atoms with Gasteiger partial charge in [0.15, 0.2) is 0 Å². The van der Waals surface area contributed by atoms with Crippen LogP contribution in [0.1, 0.15) is 25.0 Å². The molecule has 0 bridgehead atoms. The van der Waals surface area contributed by atoms with E-state index in [1.165, 1.54) is 0 Å². The summed E-state index contributed by atoms with van der Waals surface area (Å²) in [5.74, 6) is 0.606. The molecule has 3 nitrogen and oxygen atoms in total. The Bertz CT molecular complexity index is 407. The summed E-state index contributed by atoms with van der Waals surface area (Å²) in [6.45, 7) is 4.15. The van der Waals surface area contributed by atoms with Crippen molar-refractivity contribution in [1.82, 2.24) is 0 Å². The molecule has 0 spiro atoms. The van der Waals surface area contributed by atoms with E-state index in [-0.39, 0.29) is 16.5 Å². The van der Waals surface area contributed by atoms with Crippen molar-refractivity contribution in [3.8, 4) is 0 Å². The maximum Gasteiger partial charge on any atom is 0.274 e. The number of hydrogen-bond donors (Lipinski definition) is 0. The zero-order valence-electron chi connectivity index (χ0n) is 9.17. The number of alkyl halides is 1. The quantitative estimate of drug-likeness (QED) is 0.473. The average molecular weight is 307 g/mol. The van der Waals surface area contributed by atoms with E-state index in [2.05, 4.69) is 29.8 Å². The van der Waals surface area contributed by atoms with Gasteiger partial charge in [0.2, 0.25) is 0 Å². The van der Waals surface area contributed by atoms with Crippen molar-refractivity contribution < 1.29 is 4.92 Å². The molecular weight excluding hydrogens is 293 g/mol. The van der Waals surface area contributed by atoms with Crippen molar-refractivity contribution in [3.63, 3.8) is 0 Å². The van der Waals surface area contributed by atoms with Crippen molar-refractivity contribution >= 4 is 33.2 Å². The molecule has 0 fully saturated rings. The molecule has 5 heteroatoms. The fourth-order valence-electron chi connectivity index (χ4n) is 1.52. The molecule has 1 aromatic carbocycles. The Morgan fingerprint density at radius 2 is 2.06 bits per heavy atom. The van der Waals surface area contributed by atoms with Gasteiger partial charge in [-0.2, -0.15) is 0 Å². The third-order valence-electron chi connectivity index (χ3n) is 2.22. The predicted molar refractivity (Wildman–Crippen MR) is 68.9 cm³/mol. The highest BCUT2D eigenvalue weighted by Gasteiger charge is 2.16. The largest absolute Gasteiger partial charge is 0.274 e. The summed E-state index contributed by atoms with van der Waals surface area (Å²) in [4.78, 5) is 10.5. The fraction of sp³-hybridized carbons (Fsp3) is 0.455. The zero-order valence-corrected chi connectivity index (χ0v) is 11.5. The second-order valence-corrected chi connectivity index (χ2v) is 5.18. The Hall–Kier alpha value is -0.610. The molecule has 0 aliphatic heterocycles. The van der Waals surface area contributed by atoms with Crippen molar-refractivity contribution in [2.45, 2.75) is 26.1 Å². The molecule has 0 aromatic heterocycles. The van der Waals surface area contributed by atoms with E-state index in [1.54, 1.807) is 12.1 Å². The Balaban J connectivity index is 3.22. The number of halogens is 2. The van der Waals surface area contributed by atoms with E-state index in [1.807, 2.05) is 0 Å². The minimum Gasteiger partial charge on any atom is -0.258 e. The van der Waals surface area contributed by atoms with E-state index >= 15 is 0 Å². The smallest absolute Gasteiger partial charge is 0.258 e. The van der Waals surface area contributed by atoms with Crippen LogP contribution in [0, 0.1) is 16.0 Å². The molecule has 0 unspecified atom stereocenters. The Morgan fingerprint density at radius 1 is 1.44 bits per heavy atom. The summed E-state index contributed by atoms with van der Waals surface area (Å²) in [5.41, 5.74) is 1.61. The third kappa shape index (κ3) is 3.19. The lowest BCUT2D eigenvalue weighted by Crippen LogP contribution is -2.00. The van der Waals surface area contributed by atoms with Gasteiger partial charge in [-0.25, -0.2) is 0 Å². The van der Waals surface area contributed by atoms with Crippen LogP contribution in [0.4, 0.5) is 5.69 Å². The molecule has 1 rings (SSSR count). The van der Waals surface area contributed by atoms with Crippen molar-refractivity contribution in [3.05, 3.63) is 37.8 Å². The normalized spacial score (nSPS) is 10.8. The van der Waals surface area contributed by atoms with Crippen LogP contribution in [0.25, 0.3) is 0 Å². The molecule has 0 heterocycles. The summed E-state index contributed by atoms with van der Waals surface area (Å²) >= 11 is 9.10. The summed E-state index contributed by atoms with van der Waals surface area (Å²) in [7, 11) is 0. The Kier molecular flexibility index (Phi) is 4.74. The van der Waals surface area contributed by atoms with E-state index in [0.717, 1.165) is 16.5 Å². The van der Waals surface area contributed by atoms with E-state index in [0.29, 0.717) is 11.5 Å². The number of rotatable bonds is 4. The van der Waals surface area contributed by atoms with Gasteiger partial charge >= 0.3 is 0 Å². The summed E-state index contributed by atoms with van der Waals surface area (Å²) in [6, 6.07) is 3.35. The van der Waals surface area contributed by atoms with Crippen LogP contribution in [-0.2, 0) is 12.3 Å². The lowest BCUT2D eigenvalue weighted by atomic mass is 10.0. The number of hydrogen-bond acceptors (Lipinski definition) is 2. The zero-order chi connectivity index (χ0) is 12.3. The minimum atomic E-state index is -0.381. The lowest BCUT2D eigenvalue weighted by Gasteiger charge is -2.09. The third-order valence-corrected chi connectivity index (χ3v) is 3.24. The van der Waals surface area contributed by atoms with Crippen LogP contribution >= 0.6 is 27.5 Å². The van der Waals surface area contributed by atoms with Crippen LogP contribution in [0.15, 0.2) is 16.6 Å². The summed E-state index contributed by atoms with van der Waals surface area (Å²) in [5, 5.41) is 10.9. The van der Waals surface area contributed by atoms with E-state index in [4.69, 9.17) is 11.6 Å². The second-order valence-electron chi connectivity index (χ2n) is 4.06. The van der Waals surface area contributed by atoms with Gasteiger partial charge in [-0.05, 0) is 24.0 Å². The molecule has 0 saturated carbocycles. The monoisotopic (exact) mass is 305 g/mol. The molecule has 88 valence electrons. The predicted octanol–water partition coefficient (Wildman–Crippen LogP) is 4.29. The van der Waals surface area contributed by atoms with Gasteiger partial charge < -0.3 is 0 Å². The standard InChI is InChI=1S/C11H13BrClNO2/c1-7(2)3-8-5-11(14(15)16)9(6-13)4-10(8)12/h4-5,7H,3,6H2,1-2H3. The van der Waals surface area contributed by atoms with E-state index in [9.17, 15) is 10.1 Å². The van der Waals surface area contributed by atoms with Crippen molar-refractivity contribution in [2.24, 2.45) is 5.92 Å². The molecule has 0 saturated heterocycles. The molecule has 0 atom stereocenters. The van der Waals surface area contributed by atoms with Crippen molar-refractivity contribution in [1.29, 1.82) is 0 Å². The van der Waals surface area contributed by atoms with Gasteiger partial charge in [-0.15, -0.1) is 11.6 Å². The minimum absolute atomic E-state index is 0.105. The lowest BCUT2D eigenvalue weighted by molar-refractivity contribution is -0.385. The van der Waals surface area contributed by atoms with Gasteiger partial charge in [-0.1, -0.05) is 29.8 Å². The SMILES string of the molecule is CC(C)Cc1cc([N+](=O)[O-])c(CCl)cc1Br. The molecule has 0 radical (unpaired) electrons. The van der Waals surface area contributed by atoms with Crippen LogP contribution < -0.4 is 0 Å². The van der Waals surface area contributed by atoms with Crippen LogP contribution in [-0.4, -0.2) is 4.92 Å². The maximum absolute atomic E-state index is 10.9. The number of benzene rings is 1. The first-order chi connectivity index (χ1) is 7.45. The molecule has 0 N–H and O–H groups in total. The summed E-state index contributed by atoms with van der Waals surface area (Å²) < 4.78 is 0.891. The average Bonchev–Trinajstić information content (AvgIpc) is 2.19. The number of nitrogens with zero attached hydrogens (tertiary/aromatic N) is 1. The maximum atomic E-state index is 10.9. The van der Waals surface area contributed by atoms with Gasteiger partial charge in [0.05, 0.1) is 10.8 Å². The van der Waals surface area contributed by atoms with Gasteiger partial charge in [0.25, 0.3) is 5.69 Å². The first-order valence-corrected chi connectivity index (χ1v) is 6.30. The number of nitro groups is 1. The first-order valence-electron chi connectivity index (χ1n) is 4.97. The fourth-order valence-corrected chi connectivity index (χ4v) is 2.29. The number of nitro benzene ring substituents is 1. The van der Waals surface area contributed by atoms with Gasteiger partial charge in [0, 0.05) is 16.1 Å². The highest BCUT2D eigenvalue weighted by atomic mass is 79.9. The molecular formula is C11H13BrClNO2. The summed E-state index contributed by atoms with van der Waals surface area (Å²) in [6.07, 6.45) is 0.810. The van der Waals surface area contributed by atoms with Crippen LogP contribution in [0.2, 0.25) is 0 Å². The van der Waals surface area contributed by atoms with Crippen molar-refractivity contribution in [2.75, 3.05) is 0 Å². The van der Waals surface area contributed by atoms with Gasteiger partial charge in [-0.3, -0.25) is 10.1 Å². The molecule has 0 aliphatic carbocycles. The Labute approximate surface area is 108 Å². The topological polar surface area (TPSA) is 43.1 Å². The van der Waals surface area contributed by atoms with Gasteiger partial charge in [0.1, 0.15) is 0 Å².